The average molecular weight is 286 g/mol. The SMILES string of the molecule is COCC(C)(CCO)NCC(=O)N1CC(C)CC(C)C1. The fraction of sp³-hybridized carbons (Fsp3) is 0.933. The highest BCUT2D eigenvalue weighted by molar-refractivity contribution is 5.78. The normalized spacial score (nSPS) is 26.4. The van der Waals surface area contributed by atoms with Crippen molar-refractivity contribution >= 4 is 5.91 Å². The molecule has 1 aliphatic heterocycles. The highest BCUT2D eigenvalue weighted by Crippen LogP contribution is 2.21. The Morgan fingerprint density at radius 2 is 2.00 bits per heavy atom. The van der Waals surface area contributed by atoms with Gasteiger partial charge in [-0.05, 0) is 31.6 Å². The molecule has 0 saturated carbocycles. The van der Waals surface area contributed by atoms with Crippen LogP contribution in [0.25, 0.3) is 0 Å². The molecule has 5 nitrogen and oxygen atoms in total. The van der Waals surface area contributed by atoms with Gasteiger partial charge in [-0.15, -0.1) is 0 Å². The Morgan fingerprint density at radius 3 is 2.50 bits per heavy atom. The minimum atomic E-state index is -0.355. The predicted octanol–water partition coefficient (Wildman–Crippen LogP) is 0.868. The van der Waals surface area contributed by atoms with Crippen LogP contribution in [0.15, 0.2) is 0 Å². The van der Waals surface area contributed by atoms with Gasteiger partial charge in [0.25, 0.3) is 0 Å². The molecule has 1 fully saturated rings. The summed E-state index contributed by atoms with van der Waals surface area (Å²) in [4.78, 5) is 14.3. The summed E-state index contributed by atoms with van der Waals surface area (Å²) in [6, 6.07) is 0. The Bertz CT molecular complexity index is 293. The van der Waals surface area contributed by atoms with E-state index >= 15 is 0 Å². The van der Waals surface area contributed by atoms with Crippen LogP contribution in [-0.4, -0.2) is 61.4 Å². The number of nitrogens with one attached hydrogen (secondary N) is 1. The van der Waals surface area contributed by atoms with Gasteiger partial charge in [0.15, 0.2) is 0 Å². The summed E-state index contributed by atoms with van der Waals surface area (Å²) in [5, 5.41) is 12.4. The van der Waals surface area contributed by atoms with E-state index in [2.05, 4.69) is 19.2 Å². The topological polar surface area (TPSA) is 61.8 Å². The number of methoxy groups -OCH3 is 1. The number of nitrogens with zero attached hydrogens (tertiary/aromatic N) is 1. The van der Waals surface area contributed by atoms with Gasteiger partial charge < -0.3 is 20.1 Å². The third kappa shape index (κ3) is 5.38. The average Bonchev–Trinajstić information content (AvgIpc) is 2.35. The number of hydrogen-bond acceptors (Lipinski definition) is 4. The van der Waals surface area contributed by atoms with E-state index in [4.69, 9.17) is 9.84 Å². The number of carbonyl (C=O) groups excluding carboxylic acids is 1. The molecule has 0 bridgehead atoms. The standard InChI is InChI=1S/C15H30N2O3/c1-12-7-13(2)10-17(9-12)14(19)8-16-15(3,5-6-18)11-20-4/h12-13,16,18H,5-11H2,1-4H3. The van der Waals surface area contributed by atoms with E-state index in [0.717, 1.165) is 13.1 Å². The van der Waals surface area contributed by atoms with E-state index in [9.17, 15) is 4.79 Å². The van der Waals surface area contributed by atoms with Gasteiger partial charge in [-0.3, -0.25) is 4.79 Å². The molecule has 1 rings (SSSR count). The van der Waals surface area contributed by atoms with Crippen molar-refractivity contribution in [1.29, 1.82) is 0 Å². The molecule has 5 heteroatoms. The minimum Gasteiger partial charge on any atom is -0.396 e. The third-order valence-corrected chi connectivity index (χ3v) is 4.01. The van der Waals surface area contributed by atoms with Crippen molar-refractivity contribution in [2.24, 2.45) is 11.8 Å². The highest BCUT2D eigenvalue weighted by Gasteiger charge is 2.28. The largest absolute Gasteiger partial charge is 0.396 e. The number of hydrogen-bond donors (Lipinski definition) is 2. The lowest BCUT2D eigenvalue weighted by atomic mass is 9.92. The summed E-state index contributed by atoms with van der Waals surface area (Å²) < 4.78 is 5.17. The summed E-state index contributed by atoms with van der Waals surface area (Å²) in [5.41, 5.74) is -0.355. The molecule has 0 aromatic carbocycles. The van der Waals surface area contributed by atoms with Crippen LogP contribution in [0, 0.1) is 11.8 Å². The molecule has 0 aromatic heterocycles. The number of likely N-dealkylation sites (tertiary alicyclic amines) is 1. The van der Waals surface area contributed by atoms with Gasteiger partial charge >= 0.3 is 0 Å². The lowest BCUT2D eigenvalue weighted by molar-refractivity contribution is -0.133. The van der Waals surface area contributed by atoms with Crippen molar-refractivity contribution in [2.45, 2.75) is 39.2 Å². The molecule has 2 N–H and O–H groups in total. The van der Waals surface area contributed by atoms with E-state index in [-0.39, 0.29) is 18.1 Å². The first-order chi connectivity index (χ1) is 9.40. The van der Waals surface area contributed by atoms with E-state index in [0.29, 0.717) is 31.4 Å². The quantitative estimate of drug-likeness (QED) is 0.729. The first kappa shape index (κ1) is 17.4. The van der Waals surface area contributed by atoms with Gasteiger partial charge in [0, 0.05) is 32.3 Å². The van der Waals surface area contributed by atoms with Gasteiger partial charge in [0.2, 0.25) is 5.91 Å². The molecule has 3 atom stereocenters. The second-order valence-corrected chi connectivity index (χ2v) is 6.57. The Morgan fingerprint density at radius 1 is 1.40 bits per heavy atom. The number of aliphatic hydroxyl groups excluding tert-OH is 1. The molecule has 118 valence electrons. The number of ether oxygens (including phenoxy) is 1. The maximum atomic E-state index is 12.3. The molecule has 0 aliphatic carbocycles. The van der Waals surface area contributed by atoms with Gasteiger partial charge in [-0.1, -0.05) is 13.8 Å². The molecule has 20 heavy (non-hydrogen) atoms. The molecule has 0 radical (unpaired) electrons. The zero-order chi connectivity index (χ0) is 15.2. The molecular formula is C15H30N2O3. The molecule has 1 heterocycles. The molecule has 1 amide bonds. The Labute approximate surface area is 122 Å². The van der Waals surface area contributed by atoms with Crippen LogP contribution >= 0.6 is 0 Å². The second kappa shape index (κ2) is 7.96. The fourth-order valence-corrected chi connectivity index (χ4v) is 3.04. The van der Waals surface area contributed by atoms with Crippen LogP contribution in [0.1, 0.15) is 33.6 Å². The van der Waals surface area contributed by atoms with Crippen LogP contribution in [-0.2, 0) is 9.53 Å². The maximum absolute atomic E-state index is 12.3. The van der Waals surface area contributed by atoms with Crippen LogP contribution in [0.2, 0.25) is 0 Å². The van der Waals surface area contributed by atoms with Crippen molar-refractivity contribution in [1.82, 2.24) is 10.2 Å². The van der Waals surface area contributed by atoms with E-state index in [1.54, 1.807) is 7.11 Å². The third-order valence-electron chi connectivity index (χ3n) is 4.01. The lowest BCUT2D eigenvalue weighted by Crippen LogP contribution is -2.53. The number of carbonyl (C=O) groups is 1. The summed E-state index contributed by atoms with van der Waals surface area (Å²) in [6.45, 7) is 8.94. The number of piperidine rings is 1. The fourth-order valence-electron chi connectivity index (χ4n) is 3.04. The van der Waals surface area contributed by atoms with E-state index in [1.807, 2.05) is 11.8 Å². The Hall–Kier alpha value is -0.650. The molecule has 3 unspecified atom stereocenters. The molecular weight excluding hydrogens is 256 g/mol. The molecule has 1 aliphatic rings. The predicted molar refractivity (Wildman–Crippen MR) is 79.5 cm³/mol. The first-order valence-corrected chi connectivity index (χ1v) is 7.53. The van der Waals surface area contributed by atoms with Crippen molar-refractivity contribution in [3.63, 3.8) is 0 Å². The van der Waals surface area contributed by atoms with Crippen molar-refractivity contribution in [3.05, 3.63) is 0 Å². The Kier molecular flexibility index (Phi) is 6.92. The van der Waals surface area contributed by atoms with Crippen LogP contribution < -0.4 is 5.32 Å². The zero-order valence-corrected chi connectivity index (χ0v) is 13.3. The van der Waals surface area contributed by atoms with Crippen molar-refractivity contribution in [2.75, 3.05) is 40.0 Å². The maximum Gasteiger partial charge on any atom is 0.236 e. The summed E-state index contributed by atoms with van der Waals surface area (Å²) in [6.07, 6.45) is 1.77. The summed E-state index contributed by atoms with van der Waals surface area (Å²) in [7, 11) is 1.63. The zero-order valence-electron chi connectivity index (χ0n) is 13.3. The number of rotatable bonds is 7. The minimum absolute atomic E-state index is 0.0822. The van der Waals surface area contributed by atoms with Crippen molar-refractivity contribution < 1.29 is 14.6 Å². The molecule has 0 aromatic rings. The molecule has 0 spiro atoms. The van der Waals surface area contributed by atoms with E-state index in [1.165, 1.54) is 6.42 Å². The smallest absolute Gasteiger partial charge is 0.236 e. The van der Waals surface area contributed by atoms with Crippen molar-refractivity contribution in [3.8, 4) is 0 Å². The van der Waals surface area contributed by atoms with Gasteiger partial charge in [-0.2, -0.15) is 0 Å². The van der Waals surface area contributed by atoms with Crippen LogP contribution in [0.3, 0.4) is 0 Å². The second-order valence-electron chi connectivity index (χ2n) is 6.57. The Balaban J connectivity index is 2.48. The molecule has 1 saturated heterocycles. The van der Waals surface area contributed by atoms with Gasteiger partial charge in [-0.25, -0.2) is 0 Å². The highest BCUT2D eigenvalue weighted by atomic mass is 16.5. The van der Waals surface area contributed by atoms with E-state index < -0.39 is 0 Å². The number of aliphatic hydroxyl groups is 1. The summed E-state index contributed by atoms with van der Waals surface area (Å²) >= 11 is 0. The number of amides is 1. The first-order valence-electron chi connectivity index (χ1n) is 7.53. The monoisotopic (exact) mass is 286 g/mol. The van der Waals surface area contributed by atoms with Crippen LogP contribution in [0.5, 0.6) is 0 Å². The van der Waals surface area contributed by atoms with Crippen LogP contribution in [0.4, 0.5) is 0 Å². The lowest BCUT2D eigenvalue weighted by Gasteiger charge is -2.36. The summed E-state index contributed by atoms with van der Waals surface area (Å²) in [5.74, 6) is 1.29. The van der Waals surface area contributed by atoms with Gasteiger partial charge in [0.1, 0.15) is 0 Å². The van der Waals surface area contributed by atoms with Gasteiger partial charge in [0.05, 0.1) is 13.2 Å².